The minimum absolute atomic E-state index is 0.0107. The second kappa shape index (κ2) is 7.40. The van der Waals surface area contributed by atoms with Crippen molar-refractivity contribution in [2.24, 2.45) is 4.99 Å². The summed E-state index contributed by atoms with van der Waals surface area (Å²) in [7, 11) is 0. The summed E-state index contributed by atoms with van der Waals surface area (Å²) in [4.78, 5) is 21.0. The number of nitrogens with one attached hydrogen (secondary N) is 1. The Morgan fingerprint density at radius 2 is 1.71 bits per heavy atom. The lowest BCUT2D eigenvalue weighted by molar-refractivity contribution is 0.102. The van der Waals surface area contributed by atoms with E-state index >= 15 is 0 Å². The standard InChI is InChI=1S/C21H13F2N3O2/c22-14-10-15(23)12-16(11-14)25-21-17(9-13-5-1-2-6-18(13)28-21)20(27)26-19-7-3-4-8-24-19/h1-12H,(H,24,26,27). The van der Waals surface area contributed by atoms with Gasteiger partial charge in [-0.3, -0.25) is 4.79 Å². The summed E-state index contributed by atoms with van der Waals surface area (Å²) in [6, 6.07) is 16.6. The summed E-state index contributed by atoms with van der Waals surface area (Å²) >= 11 is 0. The molecular weight excluding hydrogens is 364 g/mol. The molecule has 0 unspecified atom stereocenters. The summed E-state index contributed by atoms with van der Waals surface area (Å²) in [5.41, 5.74) is 0.502. The van der Waals surface area contributed by atoms with Gasteiger partial charge in [-0.1, -0.05) is 24.3 Å². The van der Waals surface area contributed by atoms with Crippen LogP contribution in [-0.4, -0.2) is 10.9 Å². The van der Waals surface area contributed by atoms with Gasteiger partial charge >= 0.3 is 0 Å². The summed E-state index contributed by atoms with van der Waals surface area (Å²) < 4.78 is 32.8. The number of nitrogens with zero attached hydrogens (tertiary/aromatic N) is 2. The van der Waals surface area contributed by atoms with Crippen LogP contribution in [0.5, 0.6) is 0 Å². The van der Waals surface area contributed by atoms with E-state index < -0.39 is 17.5 Å². The van der Waals surface area contributed by atoms with Gasteiger partial charge in [-0.2, -0.15) is 0 Å². The highest BCUT2D eigenvalue weighted by molar-refractivity contribution is 6.04. The fourth-order valence-corrected chi connectivity index (χ4v) is 2.66. The van der Waals surface area contributed by atoms with Gasteiger partial charge in [0, 0.05) is 17.6 Å². The first-order chi connectivity index (χ1) is 13.6. The van der Waals surface area contributed by atoms with E-state index in [1.54, 1.807) is 54.7 Å². The predicted octanol–water partition coefficient (Wildman–Crippen LogP) is 4.59. The normalized spacial score (nSPS) is 11.6. The molecule has 0 radical (unpaired) electrons. The van der Waals surface area contributed by atoms with Crippen LogP contribution in [-0.2, 0) is 0 Å². The Morgan fingerprint density at radius 3 is 2.46 bits per heavy atom. The number of hydrogen-bond acceptors (Lipinski definition) is 4. The lowest BCUT2D eigenvalue weighted by atomic mass is 10.1. The van der Waals surface area contributed by atoms with Gasteiger partial charge in [0.15, 0.2) is 0 Å². The summed E-state index contributed by atoms with van der Waals surface area (Å²) in [6.07, 6.45) is 1.54. The highest BCUT2D eigenvalue weighted by atomic mass is 19.1. The number of benzene rings is 2. The number of rotatable bonds is 3. The van der Waals surface area contributed by atoms with Gasteiger partial charge in [0.2, 0.25) is 5.55 Å². The van der Waals surface area contributed by atoms with Crippen LogP contribution in [0.25, 0.3) is 11.0 Å². The number of fused-ring (bicyclic) bond motifs is 1. The number of carbonyl (C=O) groups excluding carboxylic acids is 1. The largest absolute Gasteiger partial charge is 0.438 e. The van der Waals surface area contributed by atoms with Crippen LogP contribution in [0, 0.1) is 11.6 Å². The van der Waals surface area contributed by atoms with Crippen molar-refractivity contribution in [1.82, 2.24) is 4.98 Å². The molecular formula is C21H13F2N3O2. The monoisotopic (exact) mass is 377 g/mol. The number of carbonyl (C=O) groups is 1. The fourth-order valence-electron chi connectivity index (χ4n) is 2.66. The Balaban J connectivity index is 1.87. The molecule has 28 heavy (non-hydrogen) atoms. The molecule has 4 aromatic rings. The van der Waals surface area contributed by atoms with Crippen LogP contribution < -0.4 is 10.9 Å². The molecule has 4 rings (SSSR count). The third kappa shape index (κ3) is 3.78. The van der Waals surface area contributed by atoms with Crippen molar-refractivity contribution in [3.63, 3.8) is 0 Å². The van der Waals surface area contributed by atoms with Crippen molar-refractivity contribution in [2.75, 3.05) is 5.32 Å². The first-order valence-electron chi connectivity index (χ1n) is 8.34. The molecule has 1 amide bonds. The smallest absolute Gasteiger partial charge is 0.262 e. The number of amides is 1. The maximum Gasteiger partial charge on any atom is 0.262 e. The lowest BCUT2D eigenvalue weighted by Gasteiger charge is -2.06. The SMILES string of the molecule is O=C(Nc1ccccn1)c1cc2ccccc2oc1=Nc1cc(F)cc(F)c1. The van der Waals surface area contributed by atoms with Gasteiger partial charge in [0.05, 0.1) is 5.69 Å². The van der Waals surface area contributed by atoms with Crippen LogP contribution in [0.2, 0.25) is 0 Å². The van der Waals surface area contributed by atoms with Gasteiger partial charge < -0.3 is 9.73 Å². The van der Waals surface area contributed by atoms with Gasteiger partial charge in [-0.15, -0.1) is 0 Å². The summed E-state index contributed by atoms with van der Waals surface area (Å²) in [5, 5.41) is 3.33. The molecule has 0 saturated carbocycles. The summed E-state index contributed by atoms with van der Waals surface area (Å²) in [5.74, 6) is -1.72. The number of hydrogen-bond donors (Lipinski definition) is 1. The first kappa shape index (κ1) is 17.5. The molecule has 0 atom stereocenters. The number of aromatic nitrogens is 1. The van der Waals surface area contributed by atoms with E-state index in [1.165, 1.54) is 0 Å². The maximum absolute atomic E-state index is 13.5. The highest BCUT2D eigenvalue weighted by Crippen LogP contribution is 2.18. The average molecular weight is 377 g/mol. The van der Waals surface area contributed by atoms with Crippen molar-refractivity contribution in [1.29, 1.82) is 0 Å². The topological polar surface area (TPSA) is 67.5 Å². The number of para-hydroxylation sites is 1. The van der Waals surface area contributed by atoms with E-state index in [0.29, 0.717) is 16.8 Å². The maximum atomic E-state index is 13.5. The van der Waals surface area contributed by atoms with Crippen LogP contribution in [0.3, 0.4) is 0 Å². The van der Waals surface area contributed by atoms with Crippen LogP contribution in [0.15, 0.2) is 82.3 Å². The highest BCUT2D eigenvalue weighted by Gasteiger charge is 2.14. The molecule has 138 valence electrons. The minimum atomic E-state index is -0.779. The number of pyridine rings is 1. The van der Waals surface area contributed by atoms with Crippen molar-refractivity contribution >= 4 is 28.4 Å². The molecule has 0 spiro atoms. The molecule has 0 bridgehead atoms. The van der Waals surface area contributed by atoms with E-state index in [0.717, 1.165) is 18.2 Å². The second-order valence-electron chi connectivity index (χ2n) is 5.91. The van der Waals surface area contributed by atoms with E-state index in [9.17, 15) is 13.6 Å². The van der Waals surface area contributed by atoms with Gasteiger partial charge in [-0.25, -0.2) is 18.8 Å². The van der Waals surface area contributed by atoms with Gasteiger partial charge in [0.25, 0.3) is 5.91 Å². The fraction of sp³-hybridized carbons (Fsp3) is 0. The van der Waals surface area contributed by atoms with E-state index in [1.807, 2.05) is 0 Å². The quantitative estimate of drug-likeness (QED) is 0.568. The molecule has 0 aliphatic heterocycles. The van der Waals surface area contributed by atoms with E-state index in [2.05, 4.69) is 15.3 Å². The Kier molecular flexibility index (Phi) is 4.63. The predicted molar refractivity (Wildman–Crippen MR) is 100.0 cm³/mol. The Bertz CT molecular complexity index is 1220. The molecule has 2 heterocycles. The summed E-state index contributed by atoms with van der Waals surface area (Å²) in [6.45, 7) is 0. The molecule has 7 heteroatoms. The molecule has 0 aliphatic rings. The van der Waals surface area contributed by atoms with Crippen molar-refractivity contribution in [3.8, 4) is 0 Å². The van der Waals surface area contributed by atoms with Crippen molar-refractivity contribution < 1.29 is 18.0 Å². The van der Waals surface area contributed by atoms with Crippen LogP contribution in [0.1, 0.15) is 10.4 Å². The lowest BCUT2D eigenvalue weighted by Crippen LogP contribution is -2.22. The van der Waals surface area contributed by atoms with Gasteiger partial charge in [-0.05, 0) is 36.4 Å². The van der Waals surface area contributed by atoms with Crippen LogP contribution in [0.4, 0.5) is 20.3 Å². The Morgan fingerprint density at radius 1 is 0.964 bits per heavy atom. The molecule has 0 saturated heterocycles. The number of halogens is 2. The molecule has 2 aromatic carbocycles. The van der Waals surface area contributed by atoms with Gasteiger partial charge in [0.1, 0.15) is 28.6 Å². The minimum Gasteiger partial charge on any atom is -0.438 e. The number of anilines is 1. The molecule has 2 aromatic heterocycles. The first-order valence-corrected chi connectivity index (χ1v) is 8.34. The van der Waals surface area contributed by atoms with E-state index in [-0.39, 0.29) is 16.8 Å². The third-order valence-corrected chi connectivity index (χ3v) is 3.88. The zero-order valence-electron chi connectivity index (χ0n) is 14.4. The van der Waals surface area contributed by atoms with Crippen molar-refractivity contribution in [2.45, 2.75) is 0 Å². The molecule has 5 nitrogen and oxygen atoms in total. The zero-order valence-corrected chi connectivity index (χ0v) is 14.4. The second-order valence-corrected chi connectivity index (χ2v) is 5.91. The Hall–Kier alpha value is -3.87. The Labute approximate surface area is 158 Å². The molecule has 1 N–H and O–H groups in total. The third-order valence-electron chi connectivity index (χ3n) is 3.88. The van der Waals surface area contributed by atoms with Crippen molar-refractivity contribution in [3.05, 3.63) is 95.7 Å². The zero-order chi connectivity index (χ0) is 19.5. The van der Waals surface area contributed by atoms with E-state index in [4.69, 9.17) is 4.42 Å². The molecule has 0 fully saturated rings. The average Bonchev–Trinajstić information content (AvgIpc) is 2.67. The molecule has 0 aliphatic carbocycles. The van der Waals surface area contributed by atoms with Crippen LogP contribution >= 0.6 is 0 Å².